The van der Waals surface area contributed by atoms with Crippen molar-refractivity contribution in [3.63, 3.8) is 0 Å². The van der Waals surface area contributed by atoms with E-state index in [9.17, 15) is 4.79 Å². The first-order valence-electron chi connectivity index (χ1n) is 5.13. The summed E-state index contributed by atoms with van der Waals surface area (Å²) in [6.07, 6.45) is 0.0722. The Labute approximate surface area is 98.4 Å². The number of primary amides is 1. The molecular weight excluding hydrogens is 224 g/mol. The van der Waals surface area contributed by atoms with E-state index >= 15 is 0 Å². The van der Waals surface area contributed by atoms with Crippen LogP contribution in [0.3, 0.4) is 0 Å². The Morgan fingerprint density at radius 2 is 2.29 bits per heavy atom. The summed E-state index contributed by atoms with van der Waals surface area (Å²) in [6.45, 7) is 0.153. The van der Waals surface area contributed by atoms with E-state index in [-0.39, 0.29) is 13.2 Å². The first kappa shape index (κ1) is 11.5. The number of benzene rings is 1. The molecule has 1 aliphatic rings. The third kappa shape index (κ3) is 2.26. The zero-order valence-electron chi connectivity index (χ0n) is 9.43. The number of ether oxygens (including phenoxy) is 3. The molecule has 4 N–H and O–H groups in total. The minimum atomic E-state index is -0.476. The Balaban J connectivity index is 2.33. The molecule has 1 atom stereocenters. The largest absolute Gasteiger partial charge is 0.493 e. The van der Waals surface area contributed by atoms with E-state index in [1.807, 2.05) is 0 Å². The summed E-state index contributed by atoms with van der Waals surface area (Å²) < 4.78 is 15.7. The van der Waals surface area contributed by atoms with Gasteiger partial charge in [-0.3, -0.25) is 4.79 Å². The number of amides is 1. The second-order valence-corrected chi connectivity index (χ2v) is 3.73. The molecule has 0 aromatic heterocycles. The normalized spacial score (nSPS) is 14.5. The topological polar surface area (TPSA) is 96.8 Å². The Bertz CT molecular complexity index is 447. The fourth-order valence-electron chi connectivity index (χ4n) is 1.70. The van der Waals surface area contributed by atoms with Crippen LogP contribution in [0.4, 0.5) is 0 Å². The quantitative estimate of drug-likeness (QED) is 0.786. The van der Waals surface area contributed by atoms with Gasteiger partial charge in [0.05, 0.1) is 7.11 Å². The van der Waals surface area contributed by atoms with Crippen molar-refractivity contribution >= 4 is 5.91 Å². The molecule has 2 rings (SSSR count). The van der Waals surface area contributed by atoms with Gasteiger partial charge in [-0.2, -0.15) is 0 Å². The third-order valence-corrected chi connectivity index (χ3v) is 2.53. The lowest BCUT2D eigenvalue weighted by Crippen LogP contribution is -2.20. The molecule has 0 aliphatic carbocycles. The van der Waals surface area contributed by atoms with Crippen molar-refractivity contribution in [3.8, 4) is 17.2 Å². The Hall–Kier alpha value is -1.95. The molecule has 0 unspecified atom stereocenters. The van der Waals surface area contributed by atoms with Crippen LogP contribution in [-0.2, 0) is 4.79 Å². The van der Waals surface area contributed by atoms with Crippen LogP contribution in [0.15, 0.2) is 12.1 Å². The van der Waals surface area contributed by atoms with Crippen molar-refractivity contribution in [1.29, 1.82) is 0 Å². The summed E-state index contributed by atoms with van der Waals surface area (Å²) in [6, 6.07) is 2.98. The molecule has 6 heteroatoms. The van der Waals surface area contributed by atoms with Crippen molar-refractivity contribution in [3.05, 3.63) is 17.7 Å². The molecule has 6 nitrogen and oxygen atoms in total. The summed E-state index contributed by atoms with van der Waals surface area (Å²) in [7, 11) is 1.53. The zero-order valence-corrected chi connectivity index (χ0v) is 9.43. The maximum Gasteiger partial charge on any atom is 0.231 e. The van der Waals surface area contributed by atoms with E-state index in [0.29, 0.717) is 17.2 Å². The number of methoxy groups -OCH3 is 1. The van der Waals surface area contributed by atoms with Crippen LogP contribution < -0.4 is 25.7 Å². The fourth-order valence-corrected chi connectivity index (χ4v) is 1.70. The Morgan fingerprint density at radius 3 is 2.94 bits per heavy atom. The molecule has 0 bridgehead atoms. The van der Waals surface area contributed by atoms with Crippen LogP contribution in [0.2, 0.25) is 0 Å². The minimum absolute atomic E-state index is 0.0722. The fraction of sp³-hybridized carbons (Fsp3) is 0.364. The molecule has 0 saturated carbocycles. The van der Waals surface area contributed by atoms with Gasteiger partial charge in [-0.1, -0.05) is 0 Å². The molecule has 1 amide bonds. The molecule has 1 heterocycles. The third-order valence-electron chi connectivity index (χ3n) is 2.53. The van der Waals surface area contributed by atoms with E-state index in [2.05, 4.69) is 0 Å². The molecule has 17 heavy (non-hydrogen) atoms. The van der Waals surface area contributed by atoms with Crippen LogP contribution in [0.25, 0.3) is 0 Å². The molecule has 0 radical (unpaired) electrons. The van der Waals surface area contributed by atoms with E-state index in [4.69, 9.17) is 25.7 Å². The maximum absolute atomic E-state index is 10.8. The highest BCUT2D eigenvalue weighted by molar-refractivity contribution is 5.74. The summed E-state index contributed by atoms with van der Waals surface area (Å²) in [5, 5.41) is 0. The average molecular weight is 238 g/mol. The van der Waals surface area contributed by atoms with Gasteiger partial charge < -0.3 is 25.7 Å². The van der Waals surface area contributed by atoms with Crippen LogP contribution in [0.1, 0.15) is 18.0 Å². The monoisotopic (exact) mass is 238 g/mol. The number of carbonyl (C=O) groups excluding carboxylic acids is 1. The minimum Gasteiger partial charge on any atom is -0.493 e. The van der Waals surface area contributed by atoms with Crippen molar-refractivity contribution in [2.24, 2.45) is 11.5 Å². The van der Waals surface area contributed by atoms with Gasteiger partial charge >= 0.3 is 0 Å². The van der Waals surface area contributed by atoms with E-state index < -0.39 is 11.9 Å². The molecular formula is C11H14N2O4. The smallest absolute Gasteiger partial charge is 0.231 e. The zero-order chi connectivity index (χ0) is 12.4. The number of carbonyl (C=O) groups is 1. The number of hydrogen-bond donors (Lipinski definition) is 2. The molecule has 1 aromatic carbocycles. The van der Waals surface area contributed by atoms with Gasteiger partial charge in [0.15, 0.2) is 11.5 Å². The number of fused-ring (bicyclic) bond motifs is 1. The van der Waals surface area contributed by atoms with Crippen molar-refractivity contribution < 1.29 is 19.0 Å². The highest BCUT2D eigenvalue weighted by atomic mass is 16.7. The summed E-state index contributed by atoms with van der Waals surface area (Å²) in [4.78, 5) is 10.8. The van der Waals surface area contributed by atoms with Crippen molar-refractivity contribution in [2.45, 2.75) is 12.5 Å². The van der Waals surface area contributed by atoms with Crippen molar-refractivity contribution in [1.82, 2.24) is 0 Å². The van der Waals surface area contributed by atoms with Crippen LogP contribution in [0.5, 0.6) is 17.2 Å². The van der Waals surface area contributed by atoms with Gasteiger partial charge in [0, 0.05) is 12.5 Å². The lowest BCUT2D eigenvalue weighted by atomic mass is 10.0. The Morgan fingerprint density at radius 1 is 1.53 bits per heavy atom. The number of rotatable bonds is 4. The second kappa shape index (κ2) is 4.50. The van der Waals surface area contributed by atoms with Crippen LogP contribution in [-0.4, -0.2) is 19.8 Å². The van der Waals surface area contributed by atoms with Crippen LogP contribution in [0, 0.1) is 0 Å². The SMILES string of the molecule is COc1cc([C@H](N)CC(N)=O)cc2c1OCO2. The predicted molar refractivity (Wildman–Crippen MR) is 59.9 cm³/mol. The highest BCUT2D eigenvalue weighted by Crippen LogP contribution is 2.42. The second-order valence-electron chi connectivity index (χ2n) is 3.73. The molecule has 1 aromatic rings. The lowest BCUT2D eigenvalue weighted by Gasteiger charge is -2.13. The lowest BCUT2D eigenvalue weighted by molar-refractivity contribution is -0.118. The average Bonchev–Trinajstić information content (AvgIpc) is 2.74. The Kier molecular flexibility index (Phi) is 3.06. The van der Waals surface area contributed by atoms with Gasteiger partial charge in [-0.25, -0.2) is 0 Å². The molecule has 1 aliphatic heterocycles. The van der Waals surface area contributed by atoms with E-state index in [1.54, 1.807) is 12.1 Å². The first-order chi connectivity index (χ1) is 8.11. The summed E-state index contributed by atoms with van der Waals surface area (Å²) in [5.41, 5.74) is 11.7. The van der Waals surface area contributed by atoms with Gasteiger partial charge in [-0.05, 0) is 17.7 Å². The summed E-state index contributed by atoms with van der Waals surface area (Å²) >= 11 is 0. The van der Waals surface area contributed by atoms with Gasteiger partial charge in [-0.15, -0.1) is 0 Å². The van der Waals surface area contributed by atoms with E-state index in [0.717, 1.165) is 5.56 Å². The van der Waals surface area contributed by atoms with Crippen LogP contribution >= 0.6 is 0 Å². The molecule has 0 fully saturated rings. The maximum atomic E-state index is 10.8. The van der Waals surface area contributed by atoms with Crippen molar-refractivity contribution in [2.75, 3.05) is 13.9 Å². The number of nitrogens with two attached hydrogens (primary N) is 2. The predicted octanol–water partition coefficient (Wildman–Crippen LogP) is 0.299. The highest BCUT2D eigenvalue weighted by Gasteiger charge is 2.22. The summed E-state index contributed by atoms with van der Waals surface area (Å²) in [5.74, 6) is 1.21. The standard InChI is InChI=1S/C11H14N2O4/c1-15-8-2-6(7(12)4-10(13)14)3-9-11(8)17-5-16-9/h2-3,7H,4-5,12H2,1H3,(H2,13,14)/t7-/m1/s1. The van der Waals surface area contributed by atoms with E-state index in [1.165, 1.54) is 7.11 Å². The van der Waals surface area contributed by atoms with Gasteiger partial charge in [0.2, 0.25) is 18.4 Å². The first-order valence-corrected chi connectivity index (χ1v) is 5.13. The molecule has 0 spiro atoms. The van der Waals surface area contributed by atoms with Gasteiger partial charge in [0.25, 0.3) is 0 Å². The number of hydrogen-bond acceptors (Lipinski definition) is 5. The van der Waals surface area contributed by atoms with Gasteiger partial charge in [0.1, 0.15) is 0 Å². The molecule has 0 saturated heterocycles. The molecule has 92 valence electrons.